The molecule has 32 heavy (non-hydrogen) atoms. The Hall–Kier alpha value is -3.99. The lowest BCUT2D eigenvalue weighted by Crippen LogP contribution is -2.13. The van der Waals surface area contributed by atoms with E-state index in [9.17, 15) is 9.59 Å². The molecular weight excluding hydrogens is 398 g/mol. The molecule has 0 bridgehead atoms. The van der Waals surface area contributed by atoms with Gasteiger partial charge in [0.15, 0.2) is 0 Å². The Bertz CT molecular complexity index is 1200. The fourth-order valence-electron chi connectivity index (χ4n) is 3.52. The fourth-order valence-corrected chi connectivity index (χ4v) is 3.52. The van der Waals surface area contributed by atoms with Crippen molar-refractivity contribution in [2.45, 2.75) is 25.7 Å². The highest BCUT2D eigenvalue weighted by Gasteiger charge is 2.06. The largest absolute Gasteiger partial charge is 0.326 e. The number of carbonyl (C=O) groups excluding carboxylic acids is 2. The molecule has 5 nitrogen and oxygen atoms in total. The molecule has 0 saturated heterocycles. The van der Waals surface area contributed by atoms with Crippen molar-refractivity contribution in [2.75, 3.05) is 10.6 Å². The lowest BCUT2D eigenvalue weighted by atomic mass is 10.1. The molecule has 3 aromatic carbocycles. The van der Waals surface area contributed by atoms with Crippen LogP contribution in [-0.4, -0.2) is 16.8 Å². The van der Waals surface area contributed by atoms with Crippen LogP contribution in [-0.2, 0) is 22.4 Å². The fraction of sp³-hybridized carbons (Fsp3) is 0.148. The predicted molar refractivity (Wildman–Crippen MR) is 129 cm³/mol. The van der Waals surface area contributed by atoms with Gasteiger partial charge in [0.05, 0.1) is 0 Å². The maximum atomic E-state index is 12.3. The second kappa shape index (κ2) is 10.4. The molecule has 0 fully saturated rings. The third-order valence-corrected chi connectivity index (χ3v) is 5.29. The van der Waals surface area contributed by atoms with Crippen LogP contribution in [0, 0.1) is 0 Å². The summed E-state index contributed by atoms with van der Waals surface area (Å²) in [5.41, 5.74) is 3.74. The molecule has 0 aliphatic heterocycles. The summed E-state index contributed by atoms with van der Waals surface area (Å²) < 4.78 is 0. The number of nitrogens with one attached hydrogen (secondary N) is 2. The summed E-state index contributed by atoms with van der Waals surface area (Å²) in [4.78, 5) is 28.6. The molecule has 1 aromatic heterocycles. The van der Waals surface area contributed by atoms with Gasteiger partial charge in [0.1, 0.15) is 0 Å². The Morgan fingerprint density at radius 3 is 2.00 bits per heavy atom. The number of benzene rings is 3. The number of hydrogen-bond donors (Lipinski definition) is 2. The van der Waals surface area contributed by atoms with Gasteiger partial charge < -0.3 is 10.6 Å². The van der Waals surface area contributed by atoms with Crippen molar-refractivity contribution >= 4 is 34.0 Å². The second-order valence-corrected chi connectivity index (χ2v) is 7.72. The average Bonchev–Trinajstić information content (AvgIpc) is 2.83. The van der Waals surface area contributed by atoms with Gasteiger partial charge in [-0.15, -0.1) is 0 Å². The summed E-state index contributed by atoms with van der Waals surface area (Å²) >= 11 is 0. The highest BCUT2D eigenvalue weighted by molar-refractivity contribution is 5.94. The molecule has 160 valence electrons. The van der Waals surface area contributed by atoms with Crippen LogP contribution in [0.4, 0.5) is 11.4 Å². The van der Waals surface area contributed by atoms with Crippen LogP contribution in [0.5, 0.6) is 0 Å². The minimum absolute atomic E-state index is 0.00727. The molecule has 4 aromatic rings. The SMILES string of the molecule is O=C(CCc1ccccc1)Nc1ccc(CCC(=O)Nc2ccc3cnccc3c2)cc1. The molecule has 0 saturated carbocycles. The van der Waals surface area contributed by atoms with Gasteiger partial charge >= 0.3 is 0 Å². The van der Waals surface area contributed by atoms with Crippen molar-refractivity contribution in [1.29, 1.82) is 0 Å². The zero-order valence-corrected chi connectivity index (χ0v) is 17.8. The first-order valence-corrected chi connectivity index (χ1v) is 10.7. The summed E-state index contributed by atoms with van der Waals surface area (Å²) in [5.74, 6) is -0.0381. The van der Waals surface area contributed by atoms with Gasteiger partial charge in [0, 0.05) is 42.0 Å². The molecule has 0 radical (unpaired) electrons. The van der Waals surface area contributed by atoms with Gasteiger partial charge in [-0.25, -0.2) is 0 Å². The summed E-state index contributed by atoms with van der Waals surface area (Å²) in [6, 6.07) is 25.3. The van der Waals surface area contributed by atoms with Crippen molar-refractivity contribution in [3.05, 3.63) is 102 Å². The van der Waals surface area contributed by atoms with E-state index in [1.165, 1.54) is 0 Å². The zero-order valence-electron chi connectivity index (χ0n) is 17.8. The van der Waals surface area contributed by atoms with Crippen LogP contribution >= 0.6 is 0 Å². The Balaban J connectivity index is 1.23. The van der Waals surface area contributed by atoms with Gasteiger partial charge in [-0.05, 0) is 59.7 Å². The van der Waals surface area contributed by atoms with Crippen LogP contribution in [0.15, 0.2) is 91.3 Å². The monoisotopic (exact) mass is 423 g/mol. The van der Waals surface area contributed by atoms with Crippen LogP contribution in [0.25, 0.3) is 10.8 Å². The van der Waals surface area contributed by atoms with Gasteiger partial charge in [0.2, 0.25) is 11.8 Å². The molecule has 2 amide bonds. The van der Waals surface area contributed by atoms with Crippen LogP contribution in [0.2, 0.25) is 0 Å². The van der Waals surface area contributed by atoms with Crippen molar-refractivity contribution in [3.63, 3.8) is 0 Å². The zero-order chi connectivity index (χ0) is 22.2. The van der Waals surface area contributed by atoms with Gasteiger partial charge in [-0.1, -0.05) is 48.5 Å². The third kappa shape index (κ3) is 6.01. The highest BCUT2D eigenvalue weighted by Crippen LogP contribution is 2.18. The number of nitrogens with zero attached hydrogens (tertiary/aromatic N) is 1. The number of aryl methyl sites for hydroxylation is 2. The minimum Gasteiger partial charge on any atom is -0.326 e. The van der Waals surface area contributed by atoms with E-state index in [0.29, 0.717) is 25.7 Å². The van der Waals surface area contributed by atoms with Crippen molar-refractivity contribution in [3.8, 4) is 0 Å². The molecule has 0 unspecified atom stereocenters. The van der Waals surface area contributed by atoms with E-state index >= 15 is 0 Å². The number of hydrogen-bond acceptors (Lipinski definition) is 3. The highest BCUT2D eigenvalue weighted by atomic mass is 16.2. The maximum absolute atomic E-state index is 12.3. The Morgan fingerprint density at radius 1 is 0.656 bits per heavy atom. The van der Waals surface area contributed by atoms with E-state index in [1.807, 2.05) is 78.9 Å². The lowest BCUT2D eigenvalue weighted by Gasteiger charge is -2.08. The molecule has 2 N–H and O–H groups in total. The van der Waals surface area contributed by atoms with Crippen molar-refractivity contribution in [1.82, 2.24) is 4.98 Å². The molecule has 0 spiro atoms. The van der Waals surface area contributed by atoms with Gasteiger partial charge in [-0.2, -0.15) is 0 Å². The van der Waals surface area contributed by atoms with E-state index in [0.717, 1.165) is 33.3 Å². The third-order valence-electron chi connectivity index (χ3n) is 5.29. The van der Waals surface area contributed by atoms with E-state index in [1.54, 1.807) is 12.4 Å². The predicted octanol–water partition coefficient (Wildman–Crippen LogP) is 5.38. The Morgan fingerprint density at radius 2 is 1.28 bits per heavy atom. The number of fused-ring (bicyclic) bond motifs is 1. The molecular formula is C27H25N3O2. The Kier molecular flexibility index (Phi) is 6.88. The van der Waals surface area contributed by atoms with E-state index in [2.05, 4.69) is 15.6 Å². The molecule has 4 rings (SSSR count). The topological polar surface area (TPSA) is 71.1 Å². The summed E-state index contributed by atoms with van der Waals surface area (Å²) in [6.45, 7) is 0. The number of carbonyl (C=O) groups is 2. The molecule has 1 heterocycles. The van der Waals surface area contributed by atoms with E-state index in [4.69, 9.17) is 0 Å². The van der Waals surface area contributed by atoms with Crippen molar-refractivity contribution in [2.24, 2.45) is 0 Å². The smallest absolute Gasteiger partial charge is 0.224 e. The first-order valence-electron chi connectivity index (χ1n) is 10.7. The Labute approximate surface area is 187 Å². The van der Waals surface area contributed by atoms with E-state index in [-0.39, 0.29) is 11.8 Å². The maximum Gasteiger partial charge on any atom is 0.224 e. The molecule has 0 aliphatic rings. The summed E-state index contributed by atoms with van der Waals surface area (Å²) in [5, 5.41) is 7.96. The van der Waals surface area contributed by atoms with Crippen LogP contribution < -0.4 is 10.6 Å². The number of amides is 2. The molecule has 5 heteroatoms. The number of rotatable bonds is 8. The normalized spacial score (nSPS) is 10.6. The number of aromatic nitrogens is 1. The quantitative estimate of drug-likeness (QED) is 0.400. The first-order chi connectivity index (χ1) is 15.7. The first kappa shape index (κ1) is 21.2. The molecule has 0 atom stereocenters. The number of pyridine rings is 1. The lowest BCUT2D eigenvalue weighted by molar-refractivity contribution is -0.117. The van der Waals surface area contributed by atoms with E-state index < -0.39 is 0 Å². The second-order valence-electron chi connectivity index (χ2n) is 7.72. The summed E-state index contributed by atoms with van der Waals surface area (Å²) in [7, 11) is 0. The number of anilines is 2. The van der Waals surface area contributed by atoms with Crippen molar-refractivity contribution < 1.29 is 9.59 Å². The van der Waals surface area contributed by atoms with Crippen LogP contribution in [0.1, 0.15) is 24.0 Å². The average molecular weight is 424 g/mol. The standard InChI is InChI=1S/C27H25N3O2/c31-26(14-8-20-4-2-1-3-5-20)29-24-11-6-21(7-12-24)9-15-27(32)30-25-13-10-23-19-28-17-16-22(23)18-25/h1-7,10-13,16-19H,8-9,14-15H2,(H,29,31)(H,30,32). The van der Waals surface area contributed by atoms with Gasteiger partial charge in [-0.3, -0.25) is 14.6 Å². The van der Waals surface area contributed by atoms with Gasteiger partial charge in [0.25, 0.3) is 0 Å². The molecule has 0 aliphatic carbocycles. The summed E-state index contributed by atoms with van der Waals surface area (Å²) in [6.07, 6.45) is 5.72. The minimum atomic E-state index is -0.0308. The van der Waals surface area contributed by atoms with Crippen LogP contribution in [0.3, 0.4) is 0 Å².